The van der Waals surface area contributed by atoms with E-state index in [9.17, 15) is 23.1 Å². The molecule has 1 aromatic carbocycles. The van der Waals surface area contributed by atoms with Gasteiger partial charge in [-0.15, -0.1) is 0 Å². The molecule has 1 aliphatic carbocycles. The van der Waals surface area contributed by atoms with Gasteiger partial charge in [-0.25, -0.2) is 13.4 Å². The molecule has 2 N–H and O–H groups in total. The van der Waals surface area contributed by atoms with E-state index in [2.05, 4.69) is 10.3 Å². The topological polar surface area (TPSA) is 144 Å². The van der Waals surface area contributed by atoms with Gasteiger partial charge in [-0.2, -0.15) is 4.98 Å². The maximum absolute atomic E-state index is 13.2. The SMILES string of the molecule is CC(C(=O)O)C1CCN(C(=O)C2CCC(Nc3nccc(-n4ccc5c(OCCCS(C)(=O)=O)cccc54)n3)CC2)CC1. The maximum Gasteiger partial charge on any atom is 0.306 e. The number of hydrogen-bond donors (Lipinski definition) is 2. The molecule has 1 atom stereocenters. The van der Waals surface area contributed by atoms with Crippen molar-refractivity contribution in [3.8, 4) is 11.6 Å². The Kier molecular flexibility index (Phi) is 9.53. The Balaban J connectivity index is 1.15. The van der Waals surface area contributed by atoms with Crippen LogP contribution < -0.4 is 10.1 Å². The molecule has 1 amide bonds. The number of piperidine rings is 1. The molecule has 5 rings (SSSR count). The summed E-state index contributed by atoms with van der Waals surface area (Å²) in [4.78, 5) is 35.6. The zero-order chi connectivity index (χ0) is 30.6. The van der Waals surface area contributed by atoms with E-state index in [1.165, 1.54) is 6.26 Å². The average molecular weight is 612 g/mol. The normalized spacial score (nSPS) is 20.6. The highest BCUT2D eigenvalue weighted by Gasteiger charge is 2.34. The Morgan fingerprint density at radius 3 is 2.53 bits per heavy atom. The van der Waals surface area contributed by atoms with Gasteiger partial charge in [-0.1, -0.05) is 13.0 Å². The number of aromatic nitrogens is 3. The van der Waals surface area contributed by atoms with E-state index < -0.39 is 15.8 Å². The Bertz CT molecular complexity index is 1540. The Morgan fingerprint density at radius 1 is 1.09 bits per heavy atom. The Hall–Kier alpha value is -3.67. The molecule has 0 radical (unpaired) electrons. The summed E-state index contributed by atoms with van der Waals surface area (Å²) in [6, 6.07) is 9.76. The number of rotatable bonds is 11. The van der Waals surface area contributed by atoms with Gasteiger partial charge in [0.15, 0.2) is 0 Å². The summed E-state index contributed by atoms with van der Waals surface area (Å²) in [5, 5.41) is 13.7. The minimum Gasteiger partial charge on any atom is -0.493 e. The van der Waals surface area contributed by atoms with E-state index in [0.29, 0.717) is 43.6 Å². The number of carbonyl (C=O) groups is 2. The molecular formula is C31H41N5O6S. The van der Waals surface area contributed by atoms with E-state index in [4.69, 9.17) is 9.72 Å². The number of fused-ring (bicyclic) bond motifs is 1. The molecule has 2 aromatic heterocycles. The number of carboxylic acids is 1. The third-order valence-electron chi connectivity index (χ3n) is 8.86. The molecule has 3 heterocycles. The summed E-state index contributed by atoms with van der Waals surface area (Å²) in [7, 11) is -3.02. The van der Waals surface area contributed by atoms with E-state index in [1.54, 1.807) is 13.1 Å². The summed E-state index contributed by atoms with van der Waals surface area (Å²) in [6.45, 7) is 3.37. The number of carboxylic acid groups (broad SMARTS) is 1. The number of likely N-dealkylation sites (tertiary alicyclic amines) is 1. The molecule has 0 spiro atoms. The zero-order valence-corrected chi connectivity index (χ0v) is 25.6. The lowest BCUT2D eigenvalue weighted by atomic mass is 9.83. The molecule has 12 heteroatoms. The highest BCUT2D eigenvalue weighted by atomic mass is 32.2. The number of anilines is 1. The summed E-state index contributed by atoms with van der Waals surface area (Å²) in [6.07, 6.45) is 10.1. The first kappa shape index (κ1) is 30.8. The minimum atomic E-state index is -3.02. The van der Waals surface area contributed by atoms with Gasteiger partial charge in [0.1, 0.15) is 21.4 Å². The van der Waals surface area contributed by atoms with Crippen LogP contribution >= 0.6 is 0 Å². The van der Waals surface area contributed by atoms with Gasteiger partial charge in [0.25, 0.3) is 0 Å². The molecule has 43 heavy (non-hydrogen) atoms. The van der Waals surface area contributed by atoms with Crippen molar-refractivity contribution in [1.29, 1.82) is 0 Å². The van der Waals surface area contributed by atoms with Crippen LogP contribution in [-0.2, 0) is 19.4 Å². The molecule has 2 fully saturated rings. The van der Waals surface area contributed by atoms with E-state index in [1.807, 2.05) is 46.0 Å². The second kappa shape index (κ2) is 13.3. The van der Waals surface area contributed by atoms with Crippen LogP contribution in [0.2, 0.25) is 0 Å². The number of ether oxygens (including phenoxy) is 1. The number of hydrogen-bond acceptors (Lipinski definition) is 8. The zero-order valence-electron chi connectivity index (χ0n) is 24.8. The van der Waals surface area contributed by atoms with Crippen molar-refractivity contribution in [3.05, 3.63) is 42.7 Å². The van der Waals surface area contributed by atoms with Crippen molar-refractivity contribution in [2.75, 3.05) is 37.0 Å². The van der Waals surface area contributed by atoms with Crippen LogP contribution in [0.4, 0.5) is 5.95 Å². The lowest BCUT2D eigenvalue weighted by Crippen LogP contribution is -2.44. The number of aliphatic carboxylic acids is 1. The molecule has 1 saturated heterocycles. The van der Waals surface area contributed by atoms with Crippen molar-refractivity contribution in [2.45, 2.75) is 57.9 Å². The Labute approximate surface area is 252 Å². The molecular weight excluding hydrogens is 570 g/mol. The summed E-state index contributed by atoms with van der Waals surface area (Å²) in [5.41, 5.74) is 0.922. The van der Waals surface area contributed by atoms with Crippen molar-refractivity contribution in [2.24, 2.45) is 17.8 Å². The number of benzene rings is 1. The predicted molar refractivity (Wildman–Crippen MR) is 164 cm³/mol. The largest absolute Gasteiger partial charge is 0.493 e. The minimum absolute atomic E-state index is 0.00720. The van der Waals surface area contributed by atoms with Crippen molar-refractivity contribution in [3.63, 3.8) is 0 Å². The van der Waals surface area contributed by atoms with Crippen molar-refractivity contribution in [1.82, 2.24) is 19.4 Å². The number of nitrogens with one attached hydrogen (secondary N) is 1. The second-order valence-electron chi connectivity index (χ2n) is 11.9. The summed E-state index contributed by atoms with van der Waals surface area (Å²) >= 11 is 0. The van der Waals surface area contributed by atoms with Crippen molar-refractivity contribution < 1.29 is 27.9 Å². The van der Waals surface area contributed by atoms with E-state index >= 15 is 0 Å². The standard InChI is InChI=1S/C31H41N5O6S/c1-21(30(38)39)22-12-16-35(17-13-22)29(37)23-7-9-24(10-8-23)33-31-32-15-11-28(34-31)36-18-14-25-26(36)5-3-6-27(25)42-19-4-20-43(2,40)41/h3,5-6,11,14-15,18,21-24H,4,7-10,12-13,16-17,19-20H2,1-2H3,(H,38,39)(H,32,33,34). The van der Waals surface area contributed by atoms with Gasteiger partial charge in [0.05, 0.1) is 23.8 Å². The quantitative estimate of drug-likeness (QED) is 0.305. The van der Waals surface area contributed by atoms with Gasteiger partial charge in [-0.3, -0.25) is 9.59 Å². The first-order chi connectivity index (χ1) is 20.6. The lowest BCUT2D eigenvalue weighted by Gasteiger charge is -2.37. The number of sulfone groups is 1. The van der Waals surface area contributed by atoms with Gasteiger partial charge < -0.3 is 24.6 Å². The van der Waals surface area contributed by atoms with Gasteiger partial charge in [0.2, 0.25) is 11.9 Å². The third kappa shape index (κ3) is 7.65. The lowest BCUT2D eigenvalue weighted by molar-refractivity contribution is -0.144. The van der Waals surface area contributed by atoms with E-state index in [-0.39, 0.29) is 35.5 Å². The smallest absolute Gasteiger partial charge is 0.306 e. The fourth-order valence-electron chi connectivity index (χ4n) is 6.27. The summed E-state index contributed by atoms with van der Waals surface area (Å²) in [5.74, 6) is 1.26. The fraction of sp³-hybridized carbons (Fsp3) is 0.548. The van der Waals surface area contributed by atoms with Crippen LogP contribution in [0.3, 0.4) is 0 Å². The van der Waals surface area contributed by atoms with Gasteiger partial charge >= 0.3 is 5.97 Å². The molecule has 232 valence electrons. The number of nitrogens with zero attached hydrogens (tertiary/aromatic N) is 4. The molecule has 2 aliphatic rings. The van der Waals surface area contributed by atoms with Gasteiger partial charge in [0, 0.05) is 49.1 Å². The van der Waals surface area contributed by atoms with Gasteiger partial charge in [-0.05, 0) is 75.1 Å². The van der Waals surface area contributed by atoms with Crippen LogP contribution in [0.1, 0.15) is 51.9 Å². The number of amides is 1. The predicted octanol–water partition coefficient (Wildman–Crippen LogP) is 4.16. The van der Waals surface area contributed by atoms with Crippen LogP contribution in [0.25, 0.3) is 16.7 Å². The Morgan fingerprint density at radius 2 is 1.84 bits per heavy atom. The van der Waals surface area contributed by atoms with Crippen LogP contribution in [0.15, 0.2) is 42.7 Å². The fourth-order valence-corrected chi connectivity index (χ4v) is 6.91. The highest BCUT2D eigenvalue weighted by Crippen LogP contribution is 2.32. The molecule has 1 unspecified atom stereocenters. The van der Waals surface area contributed by atoms with Crippen LogP contribution in [0, 0.1) is 17.8 Å². The molecule has 1 aliphatic heterocycles. The monoisotopic (exact) mass is 611 g/mol. The first-order valence-electron chi connectivity index (χ1n) is 15.1. The van der Waals surface area contributed by atoms with E-state index in [0.717, 1.165) is 49.4 Å². The van der Waals surface area contributed by atoms with Crippen molar-refractivity contribution >= 4 is 38.6 Å². The maximum atomic E-state index is 13.2. The molecule has 0 bridgehead atoms. The van der Waals surface area contributed by atoms with Crippen LogP contribution in [0.5, 0.6) is 5.75 Å². The molecule has 1 saturated carbocycles. The average Bonchev–Trinajstić information content (AvgIpc) is 3.44. The third-order valence-corrected chi connectivity index (χ3v) is 9.89. The first-order valence-corrected chi connectivity index (χ1v) is 17.2. The second-order valence-corrected chi connectivity index (χ2v) is 14.2. The molecule has 3 aromatic rings. The number of carbonyl (C=O) groups excluding carboxylic acids is 1. The molecule has 11 nitrogen and oxygen atoms in total. The summed E-state index contributed by atoms with van der Waals surface area (Å²) < 4.78 is 30.7. The highest BCUT2D eigenvalue weighted by molar-refractivity contribution is 7.90. The van der Waals surface area contributed by atoms with Crippen LogP contribution in [-0.4, -0.2) is 82.6 Å².